The Morgan fingerprint density at radius 2 is 1.88 bits per heavy atom. The molecule has 1 aliphatic heterocycles. The van der Waals surface area contributed by atoms with Gasteiger partial charge in [-0.15, -0.1) is 0 Å². The Kier molecular flexibility index (Phi) is 4.31. The molecule has 1 atom stereocenters. The van der Waals surface area contributed by atoms with E-state index in [1.54, 1.807) is 10.6 Å². The molecule has 2 aromatic rings. The lowest BCUT2D eigenvalue weighted by atomic mass is 9.76. The van der Waals surface area contributed by atoms with Crippen molar-refractivity contribution in [2.24, 2.45) is 7.05 Å². The van der Waals surface area contributed by atoms with Gasteiger partial charge in [0.1, 0.15) is 5.69 Å². The summed E-state index contributed by atoms with van der Waals surface area (Å²) in [4.78, 5) is 26.7. The number of piperidine rings is 1. The van der Waals surface area contributed by atoms with Gasteiger partial charge in [0.15, 0.2) is 5.43 Å². The Labute approximate surface area is 142 Å². The van der Waals surface area contributed by atoms with Crippen LogP contribution in [-0.2, 0) is 12.5 Å². The number of aryl methyl sites for hydroxylation is 1. The zero-order chi connectivity index (χ0) is 17.3. The second kappa shape index (κ2) is 6.27. The first-order valence-corrected chi connectivity index (χ1v) is 8.43. The van der Waals surface area contributed by atoms with E-state index >= 15 is 0 Å². The van der Waals surface area contributed by atoms with Crippen molar-refractivity contribution in [1.82, 2.24) is 9.47 Å². The summed E-state index contributed by atoms with van der Waals surface area (Å²) < 4.78 is 1.80. The van der Waals surface area contributed by atoms with Crippen molar-refractivity contribution >= 4 is 5.91 Å². The molecule has 3 rings (SSSR count). The van der Waals surface area contributed by atoms with Crippen LogP contribution in [0.2, 0.25) is 0 Å². The van der Waals surface area contributed by atoms with Gasteiger partial charge in [-0.25, -0.2) is 0 Å². The number of carbonyl (C=O) groups excluding carboxylic acids is 1. The molecular formula is C20H24N2O2. The highest BCUT2D eigenvalue weighted by Crippen LogP contribution is 2.34. The molecule has 1 amide bonds. The van der Waals surface area contributed by atoms with Gasteiger partial charge in [0, 0.05) is 43.4 Å². The fourth-order valence-electron chi connectivity index (χ4n) is 3.62. The van der Waals surface area contributed by atoms with Gasteiger partial charge in [0.25, 0.3) is 5.91 Å². The summed E-state index contributed by atoms with van der Waals surface area (Å²) in [6.45, 7) is 5.49. The van der Waals surface area contributed by atoms with Crippen LogP contribution in [0.1, 0.15) is 41.5 Å². The van der Waals surface area contributed by atoms with E-state index in [9.17, 15) is 9.59 Å². The molecule has 24 heavy (non-hydrogen) atoms. The second-order valence-corrected chi connectivity index (χ2v) is 7.03. The predicted molar refractivity (Wildman–Crippen MR) is 95.4 cm³/mol. The lowest BCUT2D eigenvalue weighted by Crippen LogP contribution is -2.47. The molecule has 1 fully saturated rings. The van der Waals surface area contributed by atoms with E-state index in [0.717, 1.165) is 25.1 Å². The Bertz CT molecular complexity index is 810. The average molecular weight is 324 g/mol. The molecule has 0 aliphatic carbocycles. The van der Waals surface area contributed by atoms with E-state index in [0.29, 0.717) is 12.2 Å². The molecule has 0 spiro atoms. The maximum Gasteiger partial charge on any atom is 0.270 e. The summed E-state index contributed by atoms with van der Waals surface area (Å²) in [5, 5.41) is 0. The first-order valence-electron chi connectivity index (χ1n) is 8.43. The largest absolute Gasteiger partial charge is 0.344 e. The topological polar surface area (TPSA) is 42.3 Å². The highest BCUT2D eigenvalue weighted by atomic mass is 16.2. The molecule has 1 saturated heterocycles. The summed E-state index contributed by atoms with van der Waals surface area (Å²) in [6.07, 6.45) is 2.03. The lowest BCUT2D eigenvalue weighted by Gasteiger charge is -2.41. The number of likely N-dealkylation sites (tertiary alicyclic amines) is 1. The highest BCUT2D eigenvalue weighted by molar-refractivity contribution is 5.92. The van der Waals surface area contributed by atoms with Crippen LogP contribution < -0.4 is 5.43 Å². The molecule has 1 unspecified atom stereocenters. The fourth-order valence-corrected chi connectivity index (χ4v) is 3.62. The van der Waals surface area contributed by atoms with E-state index in [-0.39, 0.29) is 16.8 Å². The molecule has 0 bridgehead atoms. The third kappa shape index (κ3) is 3.01. The molecule has 1 aliphatic rings. The summed E-state index contributed by atoms with van der Waals surface area (Å²) in [7, 11) is 1.84. The number of aromatic nitrogens is 1. The number of pyridine rings is 1. The molecule has 0 radical (unpaired) electrons. The zero-order valence-corrected chi connectivity index (χ0v) is 14.6. The van der Waals surface area contributed by atoms with Gasteiger partial charge in [-0.1, -0.05) is 37.3 Å². The number of nitrogens with zero attached hydrogens (tertiary/aromatic N) is 2. The van der Waals surface area contributed by atoms with Crippen molar-refractivity contribution in [2.75, 3.05) is 13.1 Å². The van der Waals surface area contributed by atoms with Crippen LogP contribution in [0.3, 0.4) is 0 Å². The van der Waals surface area contributed by atoms with Crippen molar-refractivity contribution in [3.8, 4) is 0 Å². The van der Waals surface area contributed by atoms with Crippen LogP contribution in [0, 0.1) is 6.92 Å². The van der Waals surface area contributed by atoms with Crippen LogP contribution in [0.15, 0.2) is 47.3 Å². The van der Waals surface area contributed by atoms with Gasteiger partial charge in [0.05, 0.1) is 0 Å². The van der Waals surface area contributed by atoms with Crippen molar-refractivity contribution in [1.29, 1.82) is 0 Å². The number of hydrogen-bond donors (Lipinski definition) is 0. The van der Waals surface area contributed by atoms with Crippen LogP contribution in [0.4, 0.5) is 0 Å². The fraction of sp³-hybridized carbons (Fsp3) is 0.400. The van der Waals surface area contributed by atoms with Crippen molar-refractivity contribution in [3.63, 3.8) is 0 Å². The van der Waals surface area contributed by atoms with Crippen LogP contribution in [0.25, 0.3) is 0 Å². The standard InChI is InChI=1S/C20H24N2O2/c1-15-12-17(23)13-18(21(15)3)19(24)22-11-7-10-20(2,14-22)16-8-5-4-6-9-16/h4-6,8-9,12-13H,7,10-11,14H2,1-3H3. The third-order valence-electron chi connectivity index (χ3n) is 5.19. The number of hydrogen-bond acceptors (Lipinski definition) is 2. The third-order valence-corrected chi connectivity index (χ3v) is 5.19. The van der Waals surface area contributed by atoms with Crippen molar-refractivity contribution in [2.45, 2.75) is 32.1 Å². The van der Waals surface area contributed by atoms with Gasteiger partial charge >= 0.3 is 0 Å². The number of amides is 1. The Morgan fingerprint density at radius 1 is 1.17 bits per heavy atom. The second-order valence-electron chi connectivity index (χ2n) is 7.03. The number of benzene rings is 1. The van der Waals surface area contributed by atoms with Gasteiger partial charge in [-0.2, -0.15) is 0 Å². The molecular weight excluding hydrogens is 300 g/mol. The first kappa shape index (κ1) is 16.5. The lowest BCUT2D eigenvalue weighted by molar-refractivity contribution is 0.0640. The normalized spacial score (nSPS) is 20.9. The molecule has 2 heterocycles. The summed E-state index contributed by atoms with van der Waals surface area (Å²) in [5.74, 6) is -0.0554. The van der Waals surface area contributed by atoms with Crippen LogP contribution in [-0.4, -0.2) is 28.5 Å². The van der Waals surface area contributed by atoms with Gasteiger partial charge < -0.3 is 9.47 Å². The number of carbonyl (C=O) groups is 1. The van der Waals surface area contributed by atoms with E-state index < -0.39 is 0 Å². The first-order chi connectivity index (χ1) is 11.4. The quantitative estimate of drug-likeness (QED) is 0.852. The monoisotopic (exact) mass is 324 g/mol. The maximum atomic E-state index is 13.0. The highest BCUT2D eigenvalue weighted by Gasteiger charge is 2.35. The minimum Gasteiger partial charge on any atom is -0.344 e. The minimum atomic E-state index is -0.114. The zero-order valence-electron chi connectivity index (χ0n) is 14.6. The Balaban J connectivity index is 1.90. The van der Waals surface area contributed by atoms with E-state index in [1.807, 2.05) is 37.1 Å². The van der Waals surface area contributed by atoms with Gasteiger partial charge in [0.2, 0.25) is 0 Å². The maximum absolute atomic E-state index is 13.0. The van der Waals surface area contributed by atoms with Gasteiger partial charge in [-0.05, 0) is 25.3 Å². The summed E-state index contributed by atoms with van der Waals surface area (Å²) in [5.41, 5.74) is 2.38. The molecule has 0 N–H and O–H groups in total. The van der Waals surface area contributed by atoms with E-state index in [1.165, 1.54) is 11.6 Å². The molecule has 4 nitrogen and oxygen atoms in total. The van der Waals surface area contributed by atoms with Gasteiger partial charge in [-0.3, -0.25) is 9.59 Å². The molecule has 1 aromatic carbocycles. The van der Waals surface area contributed by atoms with Crippen LogP contribution >= 0.6 is 0 Å². The smallest absolute Gasteiger partial charge is 0.270 e. The van der Waals surface area contributed by atoms with Crippen molar-refractivity contribution in [3.05, 3.63) is 69.6 Å². The van der Waals surface area contributed by atoms with E-state index in [4.69, 9.17) is 0 Å². The minimum absolute atomic E-state index is 0.0438. The van der Waals surface area contributed by atoms with Crippen molar-refractivity contribution < 1.29 is 4.79 Å². The van der Waals surface area contributed by atoms with Crippen LogP contribution in [0.5, 0.6) is 0 Å². The predicted octanol–water partition coefficient (Wildman–Crippen LogP) is 2.89. The summed E-state index contributed by atoms with van der Waals surface area (Å²) >= 11 is 0. The summed E-state index contributed by atoms with van der Waals surface area (Å²) in [6, 6.07) is 13.4. The molecule has 1 aromatic heterocycles. The average Bonchev–Trinajstić information content (AvgIpc) is 2.58. The van der Waals surface area contributed by atoms with E-state index in [2.05, 4.69) is 19.1 Å². The SMILES string of the molecule is Cc1cc(=O)cc(C(=O)N2CCCC(C)(c3ccccc3)C2)n1C. The molecule has 4 heteroatoms. The molecule has 0 saturated carbocycles. The Morgan fingerprint density at radius 3 is 2.58 bits per heavy atom. The number of rotatable bonds is 2. The molecule has 126 valence electrons. The Hall–Kier alpha value is -2.36.